The first-order valence-corrected chi connectivity index (χ1v) is 9.84. The molecule has 1 aliphatic heterocycles. The van der Waals surface area contributed by atoms with Gasteiger partial charge in [-0.2, -0.15) is 0 Å². The van der Waals surface area contributed by atoms with Gasteiger partial charge in [0.05, 0.1) is 10.2 Å². The molecule has 1 saturated heterocycles. The Hall–Kier alpha value is -1.98. The number of nitrogens with zero attached hydrogens (tertiary/aromatic N) is 4. The van der Waals surface area contributed by atoms with Crippen LogP contribution < -0.4 is 5.48 Å². The van der Waals surface area contributed by atoms with Gasteiger partial charge in [0.2, 0.25) is 5.91 Å². The molecule has 1 amide bonds. The molecule has 1 fully saturated rings. The fourth-order valence-electron chi connectivity index (χ4n) is 2.66. The van der Waals surface area contributed by atoms with Gasteiger partial charge in [-0.05, 0) is 57.3 Å². The first-order valence-electron chi connectivity index (χ1n) is 8.17. The van der Waals surface area contributed by atoms with E-state index < -0.39 is 5.82 Å². The quantitative estimate of drug-likeness (QED) is 0.412. The Morgan fingerprint density at radius 2 is 2.19 bits per heavy atom. The number of rotatable bonds is 4. The molecule has 0 unspecified atom stereocenters. The minimum atomic E-state index is -0.413. The van der Waals surface area contributed by atoms with Crippen LogP contribution in [0.3, 0.4) is 0 Å². The van der Waals surface area contributed by atoms with Gasteiger partial charge >= 0.3 is 0 Å². The average molecular weight is 458 g/mol. The zero-order valence-corrected chi connectivity index (χ0v) is 16.8. The van der Waals surface area contributed by atoms with Crippen LogP contribution in [-0.2, 0) is 4.79 Å². The molecular formula is C16H17BrFN5O3S. The third kappa shape index (κ3) is 4.85. The predicted octanol–water partition coefficient (Wildman–Crippen LogP) is 3.13. The number of nitrogens with one attached hydrogen (secondary N) is 1. The molecule has 27 heavy (non-hydrogen) atoms. The summed E-state index contributed by atoms with van der Waals surface area (Å²) in [5.41, 5.74) is 2.67. The number of amides is 1. The van der Waals surface area contributed by atoms with Crippen LogP contribution in [0.15, 0.2) is 37.3 Å². The number of hydrogen-bond acceptors (Lipinski definition) is 7. The third-order valence-electron chi connectivity index (χ3n) is 4.10. The summed E-state index contributed by atoms with van der Waals surface area (Å²) in [4.78, 5) is 17.5. The van der Waals surface area contributed by atoms with Gasteiger partial charge in [0.1, 0.15) is 5.82 Å². The Morgan fingerprint density at radius 3 is 2.81 bits per heavy atom. The molecule has 2 N–H and O–H groups in total. The monoisotopic (exact) mass is 457 g/mol. The summed E-state index contributed by atoms with van der Waals surface area (Å²) in [6.45, 7) is 2.95. The molecule has 0 radical (unpaired) electrons. The summed E-state index contributed by atoms with van der Waals surface area (Å²) >= 11 is 4.56. The van der Waals surface area contributed by atoms with Crippen LogP contribution in [0.25, 0.3) is 0 Å². The molecule has 11 heteroatoms. The molecule has 0 spiro atoms. The molecule has 8 nitrogen and oxygen atoms in total. The zero-order valence-electron chi connectivity index (χ0n) is 14.4. The molecule has 1 aromatic heterocycles. The van der Waals surface area contributed by atoms with Crippen molar-refractivity contribution in [3.05, 3.63) is 34.2 Å². The van der Waals surface area contributed by atoms with Crippen molar-refractivity contribution in [2.75, 3.05) is 13.1 Å². The SMILES string of the molecule is CC(=O)N1CCC(Sc2nonc2C(=Nc2ccc(F)c(Br)c2)NO)CC1. The van der Waals surface area contributed by atoms with E-state index in [9.17, 15) is 14.4 Å². The third-order valence-corrected chi connectivity index (χ3v) is 6.00. The van der Waals surface area contributed by atoms with Crippen molar-refractivity contribution in [3.63, 3.8) is 0 Å². The number of halogens is 2. The van der Waals surface area contributed by atoms with E-state index in [4.69, 9.17) is 4.63 Å². The molecule has 0 saturated carbocycles. The molecule has 1 aliphatic rings. The van der Waals surface area contributed by atoms with Gasteiger partial charge in [0, 0.05) is 25.3 Å². The predicted molar refractivity (Wildman–Crippen MR) is 101 cm³/mol. The fraction of sp³-hybridized carbons (Fsp3) is 0.375. The molecule has 0 atom stereocenters. The molecule has 2 heterocycles. The van der Waals surface area contributed by atoms with Crippen molar-refractivity contribution in [2.45, 2.75) is 30.0 Å². The summed E-state index contributed by atoms with van der Waals surface area (Å²) in [5, 5.41) is 17.9. The normalized spacial score (nSPS) is 15.9. The number of benzene rings is 1. The van der Waals surface area contributed by atoms with Crippen molar-refractivity contribution in [2.24, 2.45) is 4.99 Å². The van der Waals surface area contributed by atoms with Crippen LogP contribution in [0.1, 0.15) is 25.5 Å². The summed E-state index contributed by atoms with van der Waals surface area (Å²) in [7, 11) is 0. The number of carbonyl (C=O) groups excluding carboxylic acids is 1. The Kier molecular flexibility index (Phi) is 6.45. The topological polar surface area (TPSA) is 104 Å². The van der Waals surface area contributed by atoms with Gasteiger partial charge in [0.25, 0.3) is 0 Å². The molecule has 0 aliphatic carbocycles. The van der Waals surface area contributed by atoms with E-state index in [2.05, 4.69) is 31.2 Å². The molecule has 144 valence electrons. The maximum absolute atomic E-state index is 13.4. The molecule has 2 aromatic rings. The van der Waals surface area contributed by atoms with Crippen molar-refractivity contribution < 1.29 is 19.0 Å². The lowest BCUT2D eigenvalue weighted by Crippen LogP contribution is -2.37. The number of piperidine rings is 1. The Morgan fingerprint density at radius 1 is 1.44 bits per heavy atom. The van der Waals surface area contributed by atoms with Crippen LogP contribution in [-0.4, -0.2) is 50.5 Å². The van der Waals surface area contributed by atoms with Crippen LogP contribution in [0.4, 0.5) is 10.1 Å². The molecule has 1 aromatic carbocycles. The second-order valence-corrected chi connectivity index (χ2v) is 8.06. The van der Waals surface area contributed by atoms with E-state index in [-0.39, 0.29) is 27.2 Å². The molecule has 0 bridgehead atoms. The number of hydrogen-bond donors (Lipinski definition) is 2. The van der Waals surface area contributed by atoms with Crippen LogP contribution in [0.2, 0.25) is 0 Å². The standard InChI is InChI=1S/C16H17BrFN5O3S/c1-9(24)23-6-4-11(5-7-23)27-16-14(21-26-22-16)15(20-25)19-10-2-3-13(18)12(17)8-10/h2-3,8,11,25H,4-7H2,1H3,(H,19,20). The first kappa shape index (κ1) is 19.8. The lowest BCUT2D eigenvalue weighted by Gasteiger charge is -2.30. The van der Waals surface area contributed by atoms with Crippen molar-refractivity contribution in [1.82, 2.24) is 20.7 Å². The lowest BCUT2D eigenvalue weighted by atomic mass is 10.1. The van der Waals surface area contributed by atoms with E-state index in [1.165, 1.54) is 30.0 Å². The van der Waals surface area contributed by atoms with Gasteiger partial charge in [0.15, 0.2) is 16.6 Å². The van der Waals surface area contributed by atoms with Crippen molar-refractivity contribution in [3.8, 4) is 0 Å². The second kappa shape index (κ2) is 8.81. The summed E-state index contributed by atoms with van der Waals surface area (Å²) < 4.78 is 18.4. The second-order valence-electron chi connectivity index (χ2n) is 5.91. The van der Waals surface area contributed by atoms with Crippen molar-refractivity contribution in [1.29, 1.82) is 0 Å². The highest BCUT2D eigenvalue weighted by molar-refractivity contribution is 9.10. The minimum absolute atomic E-state index is 0.0402. The van der Waals surface area contributed by atoms with Crippen LogP contribution >= 0.6 is 27.7 Å². The van der Waals surface area contributed by atoms with Crippen LogP contribution in [0.5, 0.6) is 0 Å². The number of likely N-dealkylation sites (tertiary alicyclic amines) is 1. The fourth-order valence-corrected chi connectivity index (χ4v) is 4.11. The average Bonchev–Trinajstić information content (AvgIpc) is 3.11. The van der Waals surface area contributed by atoms with E-state index in [0.717, 1.165) is 12.8 Å². The molecular weight excluding hydrogens is 441 g/mol. The molecule has 3 rings (SSSR count). The summed E-state index contributed by atoms with van der Waals surface area (Å²) in [5.74, 6) is -0.297. The van der Waals surface area contributed by atoms with E-state index in [0.29, 0.717) is 23.8 Å². The number of thioether (sulfide) groups is 1. The van der Waals surface area contributed by atoms with E-state index in [1.807, 2.05) is 10.4 Å². The highest BCUT2D eigenvalue weighted by Crippen LogP contribution is 2.31. The first-order chi connectivity index (χ1) is 13.0. The maximum atomic E-state index is 13.4. The lowest BCUT2D eigenvalue weighted by molar-refractivity contribution is -0.129. The maximum Gasteiger partial charge on any atom is 0.219 e. The highest BCUT2D eigenvalue weighted by atomic mass is 79.9. The van der Waals surface area contributed by atoms with Gasteiger partial charge in [-0.3, -0.25) is 15.5 Å². The summed E-state index contributed by atoms with van der Waals surface area (Å²) in [6.07, 6.45) is 1.64. The van der Waals surface area contributed by atoms with Gasteiger partial charge in [-0.15, -0.1) is 0 Å². The van der Waals surface area contributed by atoms with Gasteiger partial charge in [-0.1, -0.05) is 11.8 Å². The van der Waals surface area contributed by atoms with Gasteiger partial charge < -0.3 is 4.90 Å². The van der Waals surface area contributed by atoms with E-state index >= 15 is 0 Å². The Bertz CT molecular complexity index is 854. The Labute approximate surface area is 167 Å². The summed E-state index contributed by atoms with van der Waals surface area (Å²) in [6, 6.07) is 4.21. The number of aromatic nitrogens is 2. The van der Waals surface area contributed by atoms with Crippen LogP contribution in [0, 0.1) is 5.82 Å². The number of carbonyl (C=O) groups is 1. The largest absolute Gasteiger partial charge is 0.343 e. The highest BCUT2D eigenvalue weighted by Gasteiger charge is 2.25. The smallest absolute Gasteiger partial charge is 0.219 e. The minimum Gasteiger partial charge on any atom is -0.343 e. The number of aliphatic imine (C=N–C) groups is 1. The van der Waals surface area contributed by atoms with E-state index in [1.54, 1.807) is 6.92 Å². The van der Waals surface area contributed by atoms with Crippen molar-refractivity contribution >= 4 is 45.1 Å². The zero-order chi connectivity index (χ0) is 19.4. The number of hydroxylamine groups is 1. The van der Waals surface area contributed by atoms with Gasteiger partial charge in [-0.25, -0.2) is 14.0 Å². The Balaban J connectivity index is 1.75. The number of amidine groups is 1.